The maximum atomic E-state index is 5.26. The summed E-state index contributed by atoms with van der Waals surface area (Å²) in [4.78, 5) is 0. The predicted octanol–water partition coefficient (Wildman–Crippen LogP) is 1.56. The molecule has 0 aliphatic carbocycles. The highest BCUT2D eigenvalue weighted by molar-refractivity contribution is 5.85. The Bertz CT molecular complexity index is 373. The first-order chi connectivity index (χ1) is 6.90. The zero-order valence-corrected chi connectivity index (χ0v) is 8.97. The molecule has 2 rings (SSSR count). The molecule has 0 radical (unpaired) electrons. The molecule has 0 bridgehead atoms. The lowest BCUT2D eigenvalue weighted by molar-refractivity contribution is 0.174. The average Bonchev–Trinajstić information content (AvgIpc) is 2.65. The van der Waals surface area contributed by atoms with Crippen LogP contribution in [0.1, 0.15) is 5.56 Å². The van der Waals surface area contributed by atoms with E-state index in [9.17, 15) is 0 Å². The summed E-state index contributed by atoms with van der Waals surface area (Å²) in [7, 11) is 0. The highest BCUT2D eigenvalue weighted by atomic mass is 35.5. The van der Waals surface area contributed by atoms with Crippen LogP contribution in [-0.2, 0) is 6.54 Å². The molecule has 1 N–H and O–H groups in total. The highest BCUT2D eigenvalue weighted by Crippen LogP contribution is 2.32. The van der Waals surface area contributed by atoms with Crippen LogP contribution in [0.4, 0.5) is 0 Å². The van der Waals surface area contributed by atoms with E-state index < -0.39 is 0 Å². The number of ether oxygens (including phenoxy) is 2. The minimum atomic E-state index is 0. The van der Waals surface area contributed by atoms with Gasteiger partial charge in [-0.25, -0.2) is 0 Å². The second-order valence-electron chi connectivity index (χ2n) is 3.00. The first-order valence-corrected chi connectivity index (χ1v) is 4.43. The van der Waals surface area contributed by atoms with Gasteiger partial charge in [-0.15, -0.1) is 18.8 Å². The topological polar surface area (TPSA) is 30.5 Å². The molecule has 0 fully saturated rings. The van der Waals surface area contributed by atoms with Crippen LogP contribution in [0, 0.1) is 12.3 Å². The number of terminal acetylenes is 1. The van der Waals surface area contributed by atoms with Crippen molar-refractivity contribution >= 4 is 12.4 Å². The van der Waals surface area contributed by atoms with Gasteiger partial charge in [0.25, 0.3) is 0 Å². The van der Waals surface area contributed by atoms with Gasteiger partial charge in [0, 0.05) is 6.54 Å². The zero-order valence-electron chi connectivity index (χ0n) is 8.16. The standard InChI is InChI=1S/C11H11NO2.ClH/c1-2-5-12-7-9-3-4-10-11(6-9)14-8-13-10;/h1,3-4,6,12H,5,7-8H2;1H. The zero-order chi connectivity index (χ0) is 9.80. The fourth-order valence-corrected chi connectivity index (χ4v) is 1.33. The fourth-order valence-electron chi connectivity index (χ4n) is 1.33. The van der Waals surface area contributed by atoms with E-state index >= 15 is 0 Å². The van der Waals surface area contributed by atoms with Gasteiger partial charge in [-0.05, 0) is 17.7 Å². The SMILES string of the molecule is C#CCNCc1ccc2c(c1)OCO2.Cl. The van der Waals surface area contributed by atoms with E-state index in [1.165, 1.54) is 0 Å². The Hall–Kier alpha value is -1.37. The minimum absolute atomic E-state index is 0. The summed E-state index contributed by atoms with van der Waals surface area (Å²) < 4.78 is 10.5. The molecule has 0 atom stereocenters. The van der Waals surface area contributed by atoms with Crippen LogP contribution >= 0.6 is 12.4 Å². The minimum Gasteiger partial charge on any atom is -0.454 e. The number of hydrogen-bond donors (Lipinski definition) is 1. The Balaban J connectivity index is 0.00000112. The summed E-state index contributed by atoms with van der Waals surface area (Å²) in [6.45, 7) is 1.64. The molecule has 1 heterocycles. The van der Waals surface area contributed by atoms with E-state index in [0.717, 1.165) is 23.6 Å². The Morgan fingerprint density at radius 3 is 2.93 bits per heavy atom. The van der Waals surface area contributed by atoms with Gasteiger partial charge in [0.05, 0.1) is 6.54 Å². The second kappa shape index (κ2) is 5.50. The van der Waals surface area contributed by atoms with Gasteiger partial charge in [0.1, 0.15) is 0 Å². The maximum Gasteiger partial charge on any atom is 0.231 e. The maximum absolute atomic E-state index is 5.26. The number of hydrogen-bond acceptors (Lipinski definition) is 3. The Morgan fingerprint density at radius 1 is 1.33 bits per heavy atom. The average molecular weight is 226 g/mol. The van der Waals surface area contributed by atoms with E-state index in [1.54, 1.807) is 0 Å². The van der Waals surface area contributed by atoms with Gasteiger partial charge in [-0.1, -0.05) is 12.0 Å². The summed E-state index contributed by atoms with van der Waals surface area (Å²) in [6.07, 6.45) is 5.13. The number of nitrogens with one attached hydrogen (secondary N) is 1. The van der Waals surface area contributed by atoms with Crippen molar-refractivity contribution in [2.24, 2.45) is 0 Å². The molecule has 3 nitrogen and oxygen atoms in total. The smallest absolute Gasteiger partial charge is 0.231 e. The lowest BCUT2D eigenvalue weighted by Gasteiger charge is -2.02. The molecule has 0 aromatic heterocycles. The van der Waals surface area contributed by atoms with Crippen molar-refractivity contribution in [2.75, 3.05) is 13.3 Å². The summed E-state index contributed by atoms with van der Waals surface area (Å²) in [5.74, 6) is 4.14. The van der Waals surface area contributed by atoms with Crippen LogP contribution in [-0.4, -0.2) is 13.3 Å². The molecule has 0 unspecified atom stereocenters. The number of halogens is 1. The van der Waals surface area contributed by atoms with Gasteiger partial charge < -0.3 is 14.8 Å². The monoisotopic (exact) mass is 225 g/mol. The molecule has 0 spiro atoms. The van der Waals surface area contributed by atoms with Crippen LogP contribution < -0.4 is 14.8 Å². The molecular weight excluding hydrogens is 214 g/mol. The summed E-state index contributed by atoms with van der Waals surface area (Å²) >= 11 is 0. The van der Waals surface area contributed by atoms with Gasteiger partial charge in [0.15, 0.2) is 11.5 Å². The highest BCUT2D eigenvalue weighted by Gasteiger charge is 2.12. The van der Waals surface area contributed by atoms with Crippen molar-refractivity contribution in [3.63, 3.8) is 0 Å². The Morgan fingerprint density at radius 2 is 2.13 bits per heavy atom. The van der Waals surface area contributed by atoms with Crippen LogP contribution in [0.5, 0.6) is 11.5 Å². The molecule has 80 valence electrons. The third-order valence-electron chi connectivity index (χ3n) is 1.99. The number of fused-ring (bicyclic) bond motifs is 1. The van der Waals surface area contributed by atoms with Crippen molar-refractivity contribution in [3.8, 4) is 23.8 Å². The summed E-state index contributed by atoms with van der Waals surface area (Å²) in [6, 6.07) is 5.87. The van der Waals surface area contributed by atoms with E-state index in [-0.39, 0.29) is 12.4 Å². The van der Waals surface area contributed by atoms with Crippen LogP contribution in [0.3, 0.4) is 0 Å². The first kappa shape index (κ1) is 11.7. The first-order valence-electron chi connectivity index (χ1n) is 4.43. The molecule has 1 aliphatic heterocycles. The predicted molar refractivity (Wildman–Crippen MR) is 60.4 cm³/mol. The van der Waals surface area contributed by atoms with E-state index in [0.29, 0.717) is 13.3 Å². The van der Waals surface area contributed by atoms with E-state index in [2.05, 4.69) is 11.2 Å². The molecule has 1 aromatic carbocycles. The number of rotatable bonds is 3. The van der Waals surface area contributed by atoms with Crippen molar-refractivity contribution in [2.45, 2.75) is 6.54 Å². The van der Waals surface area contributed by atoms with Crippen molar-refractivity contribution in [3.05, 3.63) is 23.8 Å². The van der Waals surface area contributed by atoms with Crippen LogP contribution in [0.15, 0.2) is 18.2 Å². The molecule has 15 heavy (non-hydrogen) atoms. The molecule has 0 amide bonds. The third kappa shape index (κ3) is 2.79. The number of benzene rings is 1. The summed E-state index contributed by atoms with van der Waals surface area (Å²) in [5.41, 5.74) is 1.14. The normalized spacial score (nSPS) is 11.7. The Kier molecular flexibility index (Phi) is 4.29. The van der Waals surface area contributed by atoms with Gasteiger partial charge in [-0.3, -0.25) is 0 Å². The van der Waals surface area contributed by atoms with Crippen LogP contribution in [0.25, 0.3) is 0 Å². The summed E-state index contributed by atoms with van der Waals surface area (Å²) in [5, 5.41) is 3.11. The Labute approximate surface area is 95.2 Å². The molecule has 4 heteroatoms. The quantitative estimate of drug-likeness (QED) is 0.626. The lowest BCUT2D eigenvalue weighted by atomic mass is 10.2. The van der Waals surface area contributed by atoms with E-state index in [4.69, 9.17) is 15.9 Å². The third-order valence-corrected chi connectivity index (χ3v) is 1.99. The van der Waals surface area contributed by atoms with Crippen molar-refractivity contribution < 1.29 is 9.47 Å². The van der Waals surface area contributed by atoms with Gasteiger partial charge in [-0.2, -0.15) is 0 Å². The van der Waals surface area contributed by atoms with Gasteiger partial charge >= 0.3 is 0 Å². The molecular formula is C11H12ClNO2. The fraction of sp³-hybridized carbons (Fsp3) is 0.273. The van der Waals surface area contributed by atoms with Crippen LogP contribution in [0.2, 0.25) is 0 Å². The van der Waals surface area contributed by atoms with Crippen molar-refractivity contribution in [1.82, 2.24) is 5.32 Å². The largest absolute Gasteiger partial charge is 0.454 e. The van der Waals surface area contributed by atoms with Gasteiger partial charge in [0.2, 0.25) is 6.79 Å². The molecule has 1 aromatic rings. The molecule has 0 saturated heterocycles. The van der Waals surface area contributed by atoms with Crippen molar-refractivity contribution in [1.29, 1.82) is 0 Å². The molecule has 0 saturated carbocycles. The second-order valence-corrected chi connectivity index (χ2v) is 3.00. The lowest BCUT2D eigenvalue weighted by Crippen LogP contribution is -2.12. The van der Waals surface area contributed by atoms with E-state index in [1.807, 2.05) is 18.2 Å². The molecule has 1 aliphatic rings.